The van der Waals surface area contributed by atoms with Gasteiger partial charge in [0.05, 0.1) is 12.7 Å². The van der Waals surface area contributed by atoms with E-state index in [1.165, 1.54) is 0 Å². The van der Waals surface area contributed by atoms with E-state index in [2.05, 4.69) is 60.2 Å². The Balaban J connectivity index is 1.44. The first kappa shape index (κ1) is 28.1. The van der Waals surface area contributed by atoms with Crippen molar-refractivity contribution in [3.8, 4) is 5.75 Å². The molecular weight excluding hydrogens is 497 g/mol. The fourth-order valence-electron chi connectivity index (χ4n) is 5.55. The zero-order valence-corrected chi connectivity index (χ0v) is 22.7. The quantitative estimate of drug-likeness (QED) is 0.470. The molecular formula is C27H37F3N6O2. The molecule has 0 atom stereocenters. The van der Waals surface area contributed by atoms with E-state index in [9.17, 15) is 18.0 Å². The predicted molar refractivity (Wildman–Crippen MR) is 140 cm³/mol. The van der Waals surface area contributed by atoms with Crippen molar-refractivity contribution in [2.45, 2.75) is 76.6 Å². The molecule has 1 aromatic heterocycles. The molecule has 0 radical (unpaired) electrons. The van der Waals surface area contributed by atoms with Crippen molar-refractivity contribution in [1.29, 1.82) is 0 Å². The highest BCUT2D eigenvalue weighted by molar-refractivity contribution is 5.57. The maximum atomic E-state index is 14.8. The van der Waals surface area contributed by atoms with E-state index in [1.807, 2.05) is 4.90 Å². The van der Waals surface area contributed by atoms with E-state index >= 15 is 0 Å². The van der Waals surface area contributed by atoms with Crippen LogP contribution in [0.5, 0.6) is 5.75 Å². The van der Waals surface area contributed by atoms with Crippen LogP contribution in [-0.4, -0.2) is 76.0 Å². The molecule has 1 aromatic carbocycles. The maximum Gasteiger partial charge on any atom is 0.229 e. The van der Waals surface area contributed by atoms with Gasteiger partial charge in [-0.3, -0.25) is 9.80 Å². The Morgan fingerprint density at radius 1 is 1.05 bits per heavy atom. The van der Waals surface area contributed by atoms with Gasteiger partial charge in [-0.15, -0.1) is 0 Å². The first-order chi connectivity index (χ1) is 17.9. The second kappa shape index (κ2) is 11.1. The Hall–Kier alpha value is -2.92. The van der Waals surface area contributed by atoms with Gasteiger partial charge in [-0.1, -0.05) is 0 Å². The lowest BCUT2D eigenvalue weighted by Gasteiger charge is -2.53. The van der Waals surface area contributed by atoms with E-state index < -0.39 is 23.2 Å². The van der Waals surface area contributed by atoms with Crippen LogP contribution in [0, 0.1) is 17.5 Å². The third-order valence-electron chi connectivity index (χ3n) is 7.80. The zero-order valence-electron chi connectivity index (χ0n) is 22.7. The number of hydrogen-bond acceptors (Lipinski definition) is 8. The van der Waals surface area contributed by atoms with Crippen LogP contribution in [-0.2, 0) is 4.79 Å². The fourth-order valence-corrected chi connectivity index (χ4v) is 5.55. The number of hydrogen-bond donors (Lipinski definition) is 2. The summed E-state index contributed by atoms with van der Waals surface area (Å²) >= 11 is 0. The Kier molecular flexibility index (Phi) is 8.17. The number of rotatable bonds is 8. The molecule has 38 heavy (non-hydrogen) atoms. The second-order valence-electron chi connectivity index (χ2n) is 11.5. The van der Waals surface area contributed by atoms with Gasteiger partial charge in [0.25, 0.3) is 0 Å². The van der Waals surface area contributed by atoms with Gasteiger partial charge in [-0.25, -0.2) is 18.2 Å². The van der Waals surface area contributed by atoms with Crippen LogP contribution in [0.15, 0.2) is 18.3 Å². The van der Waals surface area contributed by atoms with Crippen molar-refractivity contribution in [3.05, 3.63) is 35.8 Å². The lowest BCUT2D eigenvalue weighted by Crippen LogP contribution is -2.61. The Morgan fingerprint density at radius 2 is 1.66 bits per heavy atom. The normalized spacial score (nSPS) is 20.7. The highest BCUT2D eigenvalue weighted by atomic mass is 19.1. The maximum absolute atomic E-state index is 14.8. The molecule has 0 unspecified atom stereocenters. The lowest BCUT2D eigenvalue weighted by molar-refractivity contribution is -0.109. The average molecular weight is 535 g/mol. The minimum atomic E-state index is -0.862. The Labute approximate surface area is 222 Å². The number of anilines is 3. The molecule has 0 spiro atoms. The van der Waals surface area contributed by atoms with E-state index in [4.69, 9.17) is 4.74 Å². The Morgan fingerprint density at radius 3 is 2.24 bits per heavy atom. The van der Waals surface area contributed by atoms with Crippen LogP contribution in [0.3, 0.4) is 0 Å². The van der Waals surface area contributed by atoms with Gasteiger partial charge in [0.15, 0.2) is 29.0 Å². The number of piperidine rings is 2. The largest absolute Gasteiger partial charge is 0.484 e. The van der Waals surface area contributed by atoms with Crippen LogP contribution in [0.1, 0.15) is 53.4 Å². The summed E-state index contributed by atoms with van der Waals surface area (Å²) in [5.41, 5.74) is -0.127. The molecule has 2 aliphatic rings. The molecule has 3 heterocycles. The summed E-state index contributed by atoms with van der Waals surface area (Å²) in [4.78, 5) is 23.2. The smallest absolute Gasteiger partial charge is 0.229 e. The topological polar surface area (TPSA) is 82.6 Å². The fraction of sp³-hybridized carbons (Fsp3) is 0.593. The molecule has 2 aromatic rings. The van der Waals surface area contributed by atoms with E-state index in [1.54, 1.807) is 0 Å². The predicted octanol–water partition coefficient (Wildman–Crippen LogP) is 4.74. The number of likely N-dealkylation sites (tertiary alicyclic amines) is 2. The number of benzene rings is 1. The minimum Gasteiger partial charge on any atom is -0.484 e. The number of aldehydes is 1. The number of nitrogens with one attached hydrogen (secondary N) is 2. The minimum absolute atomic E-state index is 0.00960. The number of nitrogens with zero attached hydrogens (tertiary/aromatic N) is 4. The van der Waals surface area contributed by atoms with Crippen molar-refractivity contribution in [3.63, 3.8) is 0 Å². The van der Waals surface area contributed by atoms with Gasteiger partial charge in [0.1, 0.15) is 12.4 Å². The zero-order chi connectivity index (χ0) is 27.7. The highest BCUT2D eigenvalue weighted by Gasteiger charge is 2.43. The molecule has 0 bridgehead atoms. The summed E-state index contributed by atoms with van der Waals surface area (Å²) in [5.74, 6) is -2.73. The van der Waals surface area contributed by atoms with Crippen molar-refractivity contribution >= 4 is 23.7 Å². The van der Waals surface area contributed by atoms with Crippen LogP contribution in [0.25, 0.3) is 0 Å². The summed E-state index contributed by atoms with van der Waals surface area (Å²) in [6.45, 7) is 10.2. The van der Waals surface area contributed by atoms with Gasteiger partial charge in [0.2, 0.25) is 5.95 Å². The summed E-state index contributed by atoms with van der Waals surface area (Å²) < 4.78 is 49.9. The van der Waals surface area contributed by atoms with Crippen LogP contribution in [0.4, 0.5) is 30.6 Å². The number of carbonyl (C=O) groups excluding carboxylic acids is 1. The molecule has 0 aliphatic carbocycles. The third kappa shape index (κ3) is 6.37. The number of aromatic nitrogens is 2. The summed E-state index contributed by atoms with van der Waals surface area (Å²) in [6, 6.07) is 2.17. The molecule has 0 amide bonds. The number of halogens is 3. The van der Waals surface area contributed by atoms with Crippen LogP contribution in [0.2, 0.25) is 0 Å². The van der Waals surface area contributed by atoms with Gasteiger partial charge < -0.3 is 20.2 Å². The highest BCUT2D eigenvalue weighted by Crippen LogP contribution is 2.38. The SMILES string of the molecule is CN1C(C)(C)CC(Nc2nc(Nc3cc(F)c(OC4CCN(CC=O)CC4)c(F)c3)ncc2F)CC1(C)C. The molecule has 0 saturated carbocycles. The first-order valence-corrected chi connectivity index (χ1v) is 13.0. The molecule has 4 rings (SSSR count). The summed E-state index contributed by atoms with van der Waals surface area (Å²) in [5, 5.41) is 5.98. The van der Waals surface area contributed by atoms with E-state index in [0.717, 1.165) is 37.5 Å². The van der Waals surface area contributed by atoms with Crippen molar-refractivity contribution < 1.29 is 22.7 Å². The standard InChI is InChI=1S/C27H37F3N6O2/c1-26(2)14-18(15-27(3,4)35(26)5)32-24-22(30)16-31-25(34-24)33-17-12-20(28)23(21(29)13-17)38-19-6-8-36(9-7-19)10-11-37/h11-13,16,18-19H,6-10,14-15H2,1-5H3,(H2,31,32,33,34). The van der Waals surface area contributed by atoms with Crippen molar-refractivity contribution in [2.75, 3.05) is 37.3 Å². The van der Waals surface area contributed by atoms with Gasteiger partial charge >= 0.3 is 0 Å². The van der Waals surface area contributed by atoms with Crippen molar-refractivity contribution in [1.82, 2.24) is 19.8 Å². The number of ether oxygens (including phenoxy) is 1. The molecule has 2 N–H and O–H groups in total. The summed E-state index contributed by atoms with van der Waals surface area (Å²) in [7, 11) is 2.09. The first-order valence-electron chi connectivity index (χ1n) is 13.0. The second-order valence-corrected chi connectivity index (χ2v) is 11.5. The molecule has 208 valence electrons. The monoisotopic (exact) mass is 534 g/mol. The van der Waals surface area contributed by atoms with E-state index in [0.29, 0.717) is 32.5 Å². The molecule has 2 aliphatic heterocycles. The molecule has 11 heteroatoms. The van der Waals surface area contributed by atoms with Crippen molar-refractivity contribution in [2.24, 2.45) is 0 Å². The lowest BCUT2D eigenvalue weighted by atomic mass is 9.77. The summed E-state index contributed by atoms with van der Waals surface area (Å²) in [6.07, 6.45) is 4.23. The third-order valence-corrected chi connectivity index (χ3v) is 7.80. The Bertz CT molecular complexity index is 1110. The molecule has 8 nitrogen and oxygen atoms in total. The van der Waals surface area contributed by atoms with Gasteiger partial charge in [-0.2, -0.15) is 4.98 Å². The van der Waals surface area contributed by atoms with Crippen LogP contribution < -0.4 is 15.4 Å². The average Bonchev–Trinajstić information content (AvgIpc) is 2.83. The van der Waals surface area contributed by atoms with E-state index in [-0.39, 0.29) is 40.7 Å². The van der Waals surface area contributed by atoms with Gasteiger partial charge in [0, 0.05) is 48.0 Å². The van der Waals surface area contributed by atoms with Gasteiger partial charge in [-0.05, 0) is 60.4 Å². The van der Waals surface area contributed by atoms with Crippen LogP contribution >= 0.6 is 0 Å². The molecule has 2 saturated heterocycles. The number of carbonyl (C=O) groups is 1. The molecule has 2 fully saturated rings.